The maximum atomic E-state index is 11.6. The van der Waals surface area contributed by atoms with Gasteiger partial charge in [-0.2, -0.15) is 0 Å². The van der Waals surface area contributed by atoms with E-state index in [4.69, 9.17) is 4.74 Å². The number of rotatable bonds is 2. The first-order chi connectivity index (χ1) is 7.31. The molecule has 0 aromatic carbocycles. The Labute approximate surface area is 94.2 Å². The van der Waals surface area contributed by atoms with E-state index >= 15 is 0 Å². The first-order valence-corrected chi connectivity index (χ1v) is 6.61. The molecule has 2 heterocycles. The minimum absolute atomic E-state index is 0.106. The van der Waals surface area contributed by atoms with Gasteiger partial charge in [-0.15, -0.1) is 0 Å². The normalized spacial score (nSPS) is 20.5. The summed E-state index contributed by atoms with van der Waals surface area (Å²) in [5.74, 6) is -0.237. The van der Waals surface area contributed by atoms with E-state index in [-0.39, 0.29) is 26.6 Å². The predicted molar refractivity (Wildman–Crippen MR) is 54.5 cm³/mol. The third-order valence-electron chi connectivity index (χ3n) is 2.37. The van der Waals surface area contributed by atoms with Crippen LogP contribution >= 0.6 is 0 Å². The number of fused-ring (bicyclic) bond motifs is 1. The molecular formula is C9H13N3O2Se. The van der Waals surface area contributed by atoms with Crippen LogP contribution in [-0.4, -0.2) is 43.0 Å². The number of carbonyl (C=O) groups is 1. The first kappa shape index (κ1) is 10.8. The molecular weight excluding hydrogens is 261 g/mol. The molecule has 0 fully saturated rings. The zero-order chi connectivity index (χ0) is 10.7. The molecule has 1 atom stereocenters. The Morgan fingerprint density at radius 3 is 3.40 bits per heavy atom. The topological polar surface area (TPSA) is 64.1 Å². The minimum atomic E-state index is -0.131. The van der Waals surface area contributed by atoms with Gasteiger partial charge in [-0.3, -0.25) is 0 Å². The molecule has 0 saturated carbocycles. The summed E-state index contributed by atoms with van der Waals surface area (Å²) in [6.45, 7) is 3.76. The molecule has 82 valence electrons. The Balaban J connectivity index is 2.08. The van der Waals surface area contributed by atoms with Gasteiger partial charge in [0.1, 0.15) is 0 Å². The molecule has 1 N–H and O–H groups in total. The van der Waals surface area contributed by atoms with E-state index in [0.29, 0.717) is 19.6 Å². The van der Waals surface area contributed by atoms with Gasteiger partial charge in [-0.1, -0.05) is 0 Å². The molecule has 2 rings (SSSR count). The van der Waals surface area contributed by atoms with Crippen molar-refractivity contribution in [2.75, 3.05) is 13.2 Å². The molecule has 0 aliphatic carbocycles. The second-order valence-electron chi connectivity index (χ2n) is 3.43. The summed E-state index contributed by atoms with van der Waals surface area (Å²) in [5, 5.41) is 7.34. The van der Waals surface area contributed by atoms with Crippen molar-refractivity contribution in [2.24, 2.45) is 5.92 Å². The first-order valence-electron chi connectivity index (χ1n) is 4.98. The molecule has 0 saturated heterocycles. The molecule has 5 nitrogen and oxygen atoms in total. The van der Waals surface area contributed by atoms with Crippen LogP contribution in [-0.2, 0) is 22.5 Å². The van der Waals surface area contributed by atoms with Crippen LogP contribution in [0.3, 0.4) is 0 Å². The zero-order valence-electron chi connectivity index (χ0n) is 8.52. The fourth-order valence-corrected chi connectivity index (χ4v) is 2.94. The van der Waals surface area contributed by atoms with Gasteiger partial charge in [0.05, 0.1) is 0 Å². The molecule has 15 heavy (non-hydrogen) atoms. The summed E-state index contributed by atoms with van der Waals surface area (Å²) in [4.78, 5) is 11.6. The molecule has 1 aromatic heterocycles. The van der Waals surface area contributed by atoms with Crippen LogP contribution in [0.5, 0.6) is 0 Å². The van der Waals surface area contributed by atoms with Gasteiger partial charge in [-0.25, -0.2) is 0 Å². The van der Waals surface area contributed by atoms with Gasteiger partial charge in [0.2, 0.25) is 0 Å². The van der Waals surface area contributed by atoms with E-state index in [0.717, 1.165) is 12.2 Å². The fraction of sp³-hybridized carbons (Fsp3) is 0.667. The third kappa shape index (κ3) is 2.45. The van der Waals surface area contributed by atoms with Crippen molar-refractivity contribution in [3.8, 4) is 0 Å². The molecule has 1 unspecified atom stereocenters. The summed E-state index contributed by atoms with van der Waals surface area (Å²) >= 11 is 0.145. The molecule has 1 aliphatic rings. The van der Waals surface area contributed by atoms with Crippen molar-refractivity contribution < 1.29 is 9.53 Å². The Hall–Kier alpha value is -0.711. The molecule has 6 heteroatoms. The van der Waals surface area contributed by atoms with E-state index in [1.54, 1.807) is 0 Å². The quantitative estimate of drug-likeness (QED) is 0.574. The van der Waals surface area contributed by atoms with Gasteiger partial charge < -0.3 is 0 Å². The van der Waals surface area contributed by atoms with Crippen LogP contribution in [0.25, 0.3) is 0 Å². The zero-order valence-corrected chi connectivity index (χ0v) is 10.2. The second kappa shape index (κ2) is 4.88. The van der Waals surface area contributed by atoms with Crippen molar-refractivity contribution in [2.45, 2.75) is 19.9 Å². The monoisotopic (exact) mass is 275 g/mol. The molecule has 0 amide bonds. The van der Waals surface area contributed by atoms with Crippen molar-refractivity contribution in [1.82, 2.24) is 14.5 Å². The van der Waals surface area contributed by atoms with Gasteiger partial charge in [0.25, 0.3) is 0 Å². The number of nitrogens with zero attached hydrogens (tertiary/aromatic N) is 2. The van der Waals surface area contributed by atoms with Crippen molar-refractivity contribution in [1.29, 1.82) is 0 Å². The van der Waals surface area contributed by atoms with Crippen LogP contribution in [0.1, 0.15) is 17.1 Å². The van der Waals surface area contributed by atoms with Crippen molar-refractivity contribution in [3.63, 3.8) is 0 Å². The molecule has 1 aliphatic heterocycles. The predicted octanol–water partition coefficient (Wildman–Crippen LogP) is -0.641. The van der Waals surface area contributed by atoms with Crippen LogP contribution < -0.4 is 5.32 Å². The summed E-state index contributed by atoms with van der Waals surface area (Å²) in [7, 11) is 0. The molecule has 1 aromatic rings. The number of hydrogen-bond donors (Lipinski definition) is 1. The van der Waals surface area contributed by atoms with E-state index in [9.17, 15) is 4.79 Å². The number of hydrogen-bond acceptors (Lipinski definition) is 5. The van der Waals surface area contributed by atoms with Gasteiger partial charge in [0.15, 0.2) is 0 Å². The summed E-state index contributed by atoms with van der Waals surface area (Å²) in [6.07, 6.45) is 0.673. The average molecular weight is 274 g/mol. The number of nitrogens with one attached hydrogen (secondary N) is 1. The summed E-state index contributed by atoms with van der Waals surface area (Å²) in [6, 6.07) is 0. The van der Waals surface area contributed by atoms with Crippen molar-refractivity contribution in [3.05, 3.63) is 10.1 Å². The molecule has 0 radical (unpaired) electrons. The fourth-order valence-electron chi connectivity index (χ4n) is 1.61. The SMILES string of the molecule is CCOC(=O)C1CNCc2[se]nnc2C1. The Kier molecular flexibility index (Phi) is 3.51. The summed E-state index contributed by atoms with van der Waals surface area (Å²) in [5.41, 5.74) is 0.998. The Bertz CT molecular complexity index is 353. The van der Waals surface area contributed by atoms with Crippen molar-refractivity contribution >= 4 is 20.7 Å². The number of aromatic nitrogens is 2. The summed E-state index contributed by atoms with van der Waals surface area (Å²) < 4.78 is 10.3. The van der Waals surface area contributed by atoms with Crippen LogP contribution in [0.4, 0.5) is 0 Å². The molecule has 0 spiro atoms. The molecule has 0 bridgehead atoms. The van der Waals surface area contributed by atoms with Crippen LogP contribution in [0, 0.1) is 5.92 Å². The van der Waals surface area contributed by atoms with E-state index in [1.165, 1.54) is 4.44 Å². The Morgan fingerprint density at radius 2 is 2.60 bits per heavy atom. The van der Waals surface area contributed by atoms with Crippen LogP contribution in [0.2, 0.25) is 0 Å². The third-order valence-corrected chi connectivity index (χ3v) is 3.97. The van der Waals surface area contributed by atoms with E-state index in [1.807, 2.05) is 6.92 Å². The standard InChI is InChI=1S/C9H13N3O2Se/c1-2-14-9(13)6-3-7-8(5-10-4-6)15-12-11-7/h6,10H,2-5H2,1H3. The second-order valence-corrected chi connectivity index (χ2v) is 5.19. The average Bonchev–Trinajstić information content (AvgIpc) is 2.56. The maximum absolute atomic E-state index is 11.6. The van der Waals surface area contributed by atoms with E-state index < -0.39 is 0 Å². The number of ether oxygens (including phenoxy) is 1. The van der Waals surface area contributed by atoms with Crippen LogP contribution in [0.15, 0.2) is 0 Å². The Morgan fingerprint density at radius 1 is 1.73 bits per heavy atom. The number of esters is 1. The number of carbonyl (C=O) groups excluding carboxylic acids is 1. The van der Waals surface area contributed by atoms with Gasteiger partial charge in [0, 0.05) is 0 Å². The van der Waals surface area contributed by atoms with E-state index in [2.05, 4.69) is 14.5 Å². The van der Waals surface area contributed by atoms with Gasteiger partial charge in [-0.05, 0) is 0 Å². The van der Waals surface area contributed by atoms with Gasteiger partial charge >= 0.3 is 93.8 Å².